The summed E-state index contributed by atoms with van der Waals surface area (Å²) in [6, 6.07) is 2.40. The molecule has 0 aromatic heterocycles. The molecule has 0 aliphatic carbocycles. The maximum Gasteiger partial charge on any atom is 0.321 e. The van der Waals surface area contributed by atoms with Gasteiger partial charge in [-0.1, -0.05) is 0 Å². The molecule has 2 N–H and O–H groups in total. The number of ether oxygens (including phenoxy) is 2. The van der Waals surface area contributed by atoms with E-state index >= 15 is 0 Å². The van der Waals surface area contributed by atoms with E-state index in [1.807, 2.05) is 0 Å². The summed E-state index contributed by atoms with van der Waals surface area (Å²) in [5.74, 6) is -0.0225. The van der Waals surface area contributed by atoms with Crippen molar-refractivity contribution in [2.24, 2.45) is 0 Å². The summed E-state index contributed by atoms with van der Waals surface area (Å²) in [7, 11) is 1.43. The lowest BCUT2D eigenvalue weighted by Crippen LogP contribution is -2.41. The van der Waals surface area contributed by atoms with Crippen molar-refractivity contribution >= 4 is 34.2 Å². The monoisotopic (exact) mass is 358 g/mol. The third kappa shape index (κ3) is 5.07. The van der Waals surface area contributed by atoms with Gasteiger partial charge in [0.25, 0.3) is 5.91 Å². The maximum absolute atomic E-state index is 11.5. The minimum atomic E-state index is -0.612. The molecule has 3 amide bonds. The van der Waals surface area contributed by atoms with Crippen molar-refractivity contribution in [1.29, 1.82) is 0 Å². The van der Waals surface area contributed by atoms with E-state index in [0.29, 0.717) is 28.6 Å². The number of amides is 3. The molecule has 0 saturated heterocycles. The van der Waals surface area contributed by atoms with Crippen LogP contribution in [0.4, 0.5) is 4.79 Å². The van der Waals surface area contributed by atoms with E-state index in [0.717, 1.165) is 0 Å². The molecule has 0 unspecified atom stereocenters. The van der Waals surface area contributed by atoms with E-state index in [9.17, 15) is 14.4 Å². The Bertz CT molecular complexity index is 548. The molecule has 1 rings (SSSR count). The third-order valence-electron chi connectivity index (χ3n) is 2.36. The zero-order chi connectivity index (χ0) is 15.8. The van der Waals surface area contributed by atoms with Gasteiger partial charge in [0.05, 0.1) is 7.11 Å². The number of urea groups is 1. The molecule has 8 heteroatoms. The van der Waals surface area contributed by atoms with Gasteiger partial charge in [0.15, 0.2) is 24.4 Å². The van der Waals surface area contributed by atoms with Crippen LogP contribution in [0.25, 0.3) is 0 Å². The number of benzene rings is 1. The lowest BCUT2D eigenvalue weighted by Gasteiger charge is -2.12. The van der Waals surface area contributed by atoms with Gasteiger partial charge in [0.1, 0.15) is 0 Å². The Labute approximate surface area is 130 Å². The normalized spacial score (nSPS) is 9.67. The second-order valence-electron chi connectivity index (χ2n) is 3.84. The van der Waals surface area contributed by atoms with Crippen LogP contribution >= 0.6 is 15.9 Å². The number of aldehydes is 1. The number of rotatable bonds is 6. The first kappa shape index (κ1) is 17.0. The fraction of sp³-hybridized carbons (Fsp3) is 0.308. The van der Waals surface area contributed by atoms with Gasteiger partial charge in [-0.25, -0.2) is 4.79 Å². The highest BCUT2D eigenvalue weighted by Crippen LogP contribution is 2.32. The number of hydrogen-bond donors (Lipinski definition) is 2. The molecule has 1 aromatic rings. The van der Waals surface area contributed by atoms with E-state index in [1.165, 1.54) is 13.2 Å². The quantitative estimate of drug-likeness (QED) is 0.751. The van der Waals surface area contributed by atoms with Crippen LogP contribution in [0.2, 0.25) is 0 Å². The number of halogens is 1. The van der Waals surface area contributed by atoms with Crippen molar-refractivity contribution < 1.29 is 23.9 Å². The van der Waals surface area contributed by atoms with E-state index in [-0.39, 0.29) is 12.4 Å². The van der Waals surface area contributed by atoms with Crippen LogP contribution in [0.5, 0.6) is 11.5 Å². The molecular weight excluding hydrogens is 344 g/mol. The molecule has 0 heterocycles. The minimum Gasteiger partial charge on any atom is -0.493 e. The standard InChI is InChI=1S/C13H15BrN2O5/c1-3-15-13(19)16-12(18)7-21-11-4-8(6-17)9(14)5-10(11)20-2/h4-6H,3,7H2,1-2H3,(H2,15,16,18,19). The molecule has 0 aliphatic heterocycles. The van der Waals surface area contributed by atoms with Gasteiger partial charge >= 0.3 is 6.03 Å². The molecule has 1 aromatic carbocycles. The molecule has 0 spiro atoms. The van der Waals surface area contributed by atoms with Crippen LogP contribution in [0.15, 0.2) is 16.6 Å². The lowest BCUT2D eigenvalue weighted by molar-refractivity contribution is -0.122. The van der Waals surface area contributed by atoms with Gasteiger partial charge in [-0.15, -0.1) is 0 Å². The van der Waals surface area contributed by atoms with E-state index < -0.39 is 11.9 Å². The number of hydrogen-bond acceptors (Lipinski definition) is 5. The molecule has 0 atom stereocenters. The van der Waals surface area contributed by atoms with E-state index in [1.54, 1.807) is 13.0 Å². The number of methoxy groups -OCH3 is 1. The van der Waals surface area contributed by atoms with Gasteiger partial charge in [0, 0.05) is 16.6 Å². The summed E-state index contributed by atoms with van der Waals surface area (Å²) >= 11 is 3.21. The summed E-state index contributed by atoms with van der Waals surface area (Å²) in [4.78, 5) is 33.5. The summed E-state index contributed by atoms with van der Waals surface area (Å²) < 4.78 is 10.9. The van der Waals surface area contributed by atoms with Gasteiger partial charge in [-0.2, -0.15) is 0 Å². The third-order valence-corrected chi connectivity index (χ3v) is 3.05. The SMILES string of the molecule is CCNC(=O)NC(=O)COc1cc(C=O)c(Br)cc1OC. The first-order valence-corrected chi connectivity index (χ1v) is 6.84. The van der Waals surface area contributed by atoms with Gasteiger partial charge in [-0.05, 0) is 35.0 Å². The molecule has 0 fully saturated rings. The minimum absolute atomic E-state index is 0.230. The Hall–Kier alpha value is -2.09. The largest absolute Gasteiger partial charge is 0.493 e. The van der Waals surface area contributed by atoms with Gasteiger partial charge in [-0.3, -0.25) is 14.9 Å². The number of nitrogens with one attached hydrogen (secondary N) is 2. The fourth-order valence-electron chi connectivity index (χ4n) is 1.42. The summed E-state index contributed by atoms with van der Waals surface area (Å²) in [6.07, 6.45) is 0.644. The highest BCUT2D eigenvalue weighted by atomic mass is 79.9. The highest BCUT2D eigenvalue weighted by Gasteiger charge is 2.13. The Balaban J connectivity index is 2.72. The molecule has 0 bridgehead atoms. The highest BCUT2D eigenvalue weighted by molar-refractivity contribution is 9.10. The lowest BCUT2D eigenvalue weighted by atomic mass is 10.2. The average Bonchev–Trinajstić information content (AvgIpc) is 2.45. The van der Waals surface area contributed by atoms with E-state index in [4.69, 9.17) is 9.47 Å². The van der Waals surface area contributed by atoms with Crippen LogP contribution < -0.4 is 20.1 Å². The number of imide groups is 1. The Morgan fingerprint density at radius 1 is 1.33 bits per heavy atom. The maximum atomic E-state index is 11.5. The Morgan fingerprint density at radius 3 is 2.62 bits per heavy atom. The predicted molar refractivity (Wildman–Crippen MR) is 78.8 cm³/mol. The van der Waals surface area contributed by atoms with Gasteiger partial charge < -0.3 is 14.8 Å². The average molecular weight is 359 g/mol. The Kier molecular flexibility index (Phi) is 6.67. The second kappa shape index (κ2) is 8.25. The van der Waals surface area contributed by atoms with Crippen molar-refractivity contribution in [2.45, 2.75) is 6.92 Å². The molecule has 21 heavy (non-hydrogen) atoms. The van der Waals surface area contributed by atoms with Crippen molar-refractivity contribution in [3.05, 3.63) is 22.2 Å². The molecule has 7 nitrogen and oxygen atoms in total. The zero-order valence-corrected chi connectivity index (χ0v) is 13.2. The summed E-state index contributed by atoms with van der Waals surface area (Å²) in [5, 5.41) is 4.51. The smallest absolute Gasteiger partial charge is 0.321 e. The molecule has 0 radical (unpaired) electrons. The second-order valence-corrected chi connectivity index (χ2v) is 4.69. The molecule has 114 valence electrons. The van der Waals surface area contributed by atoms with Crippen LogP contribution in [0.3, 0.4) is 0 Å². The van der Waals surface area contributed by atoms with Crippen molar-refractivity contribution in [3.63, 3.8) is 0 Å². The van der Waals surface area contributed by atoms with Crippen molar-refractivity contribution in [3.8, 4) is 11.5 Å². The first-order valence-electron chi connectivity index (χ1n) is 6.05. The number of carbonyl (C=O) groups is 3. The zero-order valence-electron chi connectivity index (χ0n) is 11.6. The van der Waals surface area contributed by atoms with Crippen LogP contribution in [-0.2, 0) is 4.79 Å². The van der Waals surface area contributed by atoms with Crippen LogP contribution in [0, 0.1) is 0 Å². The first-order chi connectivity index (χ1) is 10.0. The van der Waals surface area contributed by atoms with Crippen LogP contribution in [-0.4, -0.2) is 38.5 Å². The van der Waals surface area contributed by atoms with Crippen molar-refractivity contribution in [2.75, 3.05) is 20.3 Å². The molecular formula is C13H15BrN2O5. The van der Waals surface area contributed by atoms with Crippen LogP contribution in [0.1, 0.15) is 17.3 Å². The Morgan fingerprint density at radius 2 is 2.05 bits per heavy atom. The topological polar surface area (TPSA) is 93.7 Å². The molecule has 0 saturated carbocycles. The fourth-order valence-corrected chi connectivity index (χ4v) is 1.84. The number of carbonyl (C=O) groups excluding carboxylic acids is 3. The van der Waals surface area contributed by atoms with E-state index in [2.05, 4.69) is 26.6 Å². The van der Waals surface area contributed by atoms with Crippen molar-refractivity contribution in [1.82, 2.24) is 10.6 Å². The molecule has 0 aliphatic rings. The summed E-state index contributed by atoms with van der Waals surface area (Å²) in [5.41, 5.74) is 0.356. The summed E-state index contributed by atoms with van der Waals surface area (Å²) in [6.45, 7) is 1.75. The van der Waals surface area contributed by atoms with Gasteiger partial charge in [0.2, 0.25) is 0 Å². The predicted octanol–water partition coefficient (Wildman–Crippen LogP) is 1.49.